The summed E-state index contributed by atoms with van der Waals surface area (Å²) >= 11 is 13.0. The number of hydrogen-bond acceptors (Lipinski definition) is 3. The Morgan fingerprint density at radius 1 is 0.963 bits per heavy atom. The smallest absolute Gasteiger partial charge is 0.142 e. The van der Waals surface area contributed by atoms with Gasteiger partial charge in [0.2, 0.25) is 0 Å². The number of fused-ring (bicyclic) bond motifs is 1. The molecular formula is C21H18Cl2N4. The van der Waals surface area contributed by atoms with Gasteiger partial charge < -0.3 is 4.57 Å². The molecule has 1 aromatic carbocycles. The summed E-state index contributed by atoms with van der Waals surface area (Å²) in [6.07, 6.45) is 4.57. The topological polar surface area (TPSA) is 43.6 Å². The van der Waals surface area contributed by atoms with Crippen molar-refractivity contribution in [1.29, 1.82) is 0 Å². The van der Waals surface area contributed by atoms with Gasteiger partial charge in [-0.3, -0.25) is 9.97 Å². The van der Waals surface area contributed by atoms with Crippen molar-refractivity contribution in [2.24, 2.45) is 0 Å². The largest absolute Gasteiger partial charge is 0.323 e. The third kappa shape index (κ3) is 3.31. The molecule has 0 amide bonds. The number of aromatic nitrogens is 4. The van der Waals surface area contributed by atoms with Crippen molar-refractivity contribution < 1.29 is 0 Å². The van der Waals surface area contributed by atoms with E-state index in [4.69, 9.17) is 28.2 Å². The van der Waals surface area contributed by atoms with Gasteiger partial charge in [0.15, 0.2) is 0 Å². The Bertz CT molecular complexity index is 1120. The fourth-order valence-electron chi connectivity index (χ4n) is 3.18. The van der Waals surface area contributed by atoms with Crippen molar-refractivity contribution in [3.63, 3.8) is 0 Å². The number of halogens is 2. The maximum Gasteiger partial charge on any atom is 0.142 e. The van der Waals surface area contributed by atoms with Crippen LogP contribution in [0, 0.1) is 6.92 Å². The monoisotopic (exact) mass is 396 g/mol. The summed E-state index contributed by atoms with van der Waals surface area (Å²) in [5, 5.41) is 1.26. The minimum absolute atomic E-state index is 0.569. The summed E-state index contributed by atoms with van der Waals surface area (Å²) in [6, 6.07) is 11.6. The van der Waals surface area contributed by atoms with Crippen molar-refractivity contribution >= 4 is 34.2 Å². The average Bonchev–Trinajstić information content (AvgIpc) is 3.03. The highest BCUT2D eigenvalue weighted by atomic mass is 35.5. The van der Waals surface area contributed by atoms with Crippen LogP contribution in [0.15, 0.2) is 48.8 Å². The van der Waals surface area contributed by atoms with Crippen LogP contribution in [-0.4, -0.2) is 19.5 Å². The van der Waals surface area contributed by atoms with Crippen molar-refractivity contribution in [2.45, 2.75) is 26.8 Å². The van der Waals surface area contributed by atoms with E-state index in [0.717, 1.165) is 46.6 Å². The first-order valence-corrected chi connectivity index (χ1v) is 9.57. The Hall–Kier alpha value is -2.43. The molecule has 0 saturated heterocycles. The molecule has 3 aromatic heterocycles. The molecule has 0 aliphatic carbocycles. The molecule has 0 atom stereocenters. The highest BCUT2D eigenvalue weighted by Gasteiger charge is 2.16. The number of nitrogens with zero attached hydrogens (tertiary/aromatic N) is 4. The Balaban J connectivity index is 1.84. The number of rotatable bonds is 4. The van der Waals surface area contributed by atoms with E-state index in [9.17, 15) is 0 Å². The number of para-hydroxylation sites is 1. The van der Waals surface area contributed by atoms with Gasteiger partial charge in [-0.1, -0.05) is 36.2 Å². The first-order chi connectivity index (χ1) is 13.1. The van der Waals surface area contributed by atoms with Gasteiger partial charge in [0.05, 0.1) is 26.8 Å². The molecule has 0 fully saturated rings. The summed E-state index contributed by atoms with van der Waals surface area (Å²) in [5.74, 6) is 0.822. The van der Waals surface area contributed by atoms with Gasteiger partial charge in [0.25, 0.3) is 0 Å². The molecule has 0 saturated carbocycles. The minimum Gasteiger partial charge on any atom is -0.323 e. The molecule has 0 bridgehead atoms. The van der Waals surface area contributed by atoms with E-state index >= 15 is 0 Å². The standard InChI is InChI=1S/C21H18Cl2N4/c1-3-9-27-20-16(22)5-4-6-18(20)26-21(27)15-10-17(23)19(25-12-15)14-8-7-13(2)24-11-14/h4-8,10-12H,3,9H2,1-2H3. The molecule has 0 radical (unpaired) electrons. The molecule has 6 heteroatoms. The summed E-state index contributed by atoms with van der Waals surface area (Å²) in [6.45, 7) is 4.90. The lowest BCUT2D eigenvalue weighted by Gasteiger charge is -2.10. The van der Waals surface area contributed by atoms with Gasteiger partial charge in [0, 0.05) is 35.8 Å². The first-order valence-electron chi connectivity index (χ1n) is 8.82. The normalized spacial score (nSPS) is 11.3. The quantitative estimate of drug-likeness (QED) is 0.413. The van der Waals surface area contributed by atoms with Crippen LogP contribution in [0.3, 0.4) is 0 Å². The molecule has 0 spiro atoms. The zero-order valence-electron chi connectivity index (χ0n) is 15.1. The zero-order valence-corrected chi connectivity index (χ0v) is 16.6. The van der Waals surface area contributed by atoms with E-state index in [1.165, 1.54) is 0 Å². The second kappa shape index (κ2) is 7.29. The Morgan fingerprint density at radius 3 is 2.48 bits per heavy atom. The molecule has 0 unspecified atom stereocenters. The van der Waals surface area contributed by atoms with Crippen LogP contribution in [0.5, 0.6) is 0 Å². The molecule has 3 heterocycles. The molecule has 4 rings (SSSR count). The lowest BCUT2D eigenvalue weighted by atomic mass is 10.1. The average molecular weight is 397 g/mol. The second-order valence-electron chi connectivity index (χ2n) is 6.44. The highest BCUT2D eigenvalue weighted by molar-refractivity contribution is 6.35. The summed E-state index contributed by atoms with van der Waals surface area (Å²) in [4.78, 5) is 13.7. The molecule has 0 N–H and O–H groups in total. The van der Waals surface area contributed by atoms with E-state index in [1.807, 2.05) is 49.5 Å². The molecule has 0 aliphatic rings. The maximum absolute atomic E-state index is 6.56. The summed E-state index contributed by atoms with van der Waals surface area (Å²) in [5.41, 5.74) is 5.24. The molecule has 136 valence electrons. The van der Waals surface area contributed by atoms with E-state index in [2.05, 4.69) is 21.5 Å². The van der Waals surface area contributed by atoms with E-state index < -0.39 is 0 Å². The number of hydrogen-bond donors (Lipinski definition) is 0. The number of imidazole rings is 1. The van der Waals surface area contributed by atoms with Crippen LogP contribution in [0.1, 0.15) is 19.0 Å². The van der Waals surface area contributed by atoms with Gasteiger partial charge in [-0.15, -0.1) is 0 Å². The lowest BCUT2D eigenvalue weighted by molar-refractivity contribution is 0.704. The van der Waals surface area contributed by atoms with Gasteiger partial charge in [-0.05, 0) is 43.7 Å². The molecule has 0 aliphatic heterocycles. The summed E-state index contributed by atoms with van der Waals surface area (Å²) in [7, 11) is 0. The maximum atomic E-state index is 6.56. The second-order valence-corrected chi connectivity index (χ2v) is 7.25. The molecule has 4 aromatic rings. The number of benzene rings is 1. The van der Waals surface area contributed by atoms with Crippen LogP contribution in [-0.2, 0) is 6.54 Å². The SMILES string of the molecule is CCCn1c(-c2cnc(-c3ccc(C)nc3)c(Cl)c2)nc2cccc(Cl)c21. The number of aryl methyl sites for hydroxylation is 2. The van der Waals surface area contributed by atoms with Gasteiger partial charge >= 0.3 is 0 Å². The fourth-order valence-corrected chi connectivity index (χ4v) is 3.73. The summed E-state index contributed by atoms with van der Waals surface area (Å²) < 4.78 is 2.14. The van der Waals surface area contributed by atoms with Crippen molar-refractivity contribution in [1.82, 2.24) is 19.5 Å². The predicted octanol–water partition coefficient (Wildman–Crippen LogP) is 6.19. The predicted molar refractivity (Wildman–Crippen MR) is 111 cm³/mol. The third-order valence-corrected chi connectivity index (χ3v) is 5.04. The number of pyridine rings is 2. The Labute approximate surface area is 167 Å². The van der Waals surface area contributed by atoms with Crippen molar-refractivity contribution in [3.05, 3.63) is 64.5 Å². The van der Waals surface area contributed by atoms with Crippen LogP contribution in [0.2, 0.25) is 10.0 Å². The van der Waals surface area contributed by atoms with Crippen molar-refractivity contribution in [2.75, 3.05) is 0 Å². The zero-order chi connectivity index (χ0) is 19.0. The van der Waals surface area contributed by atoms with Gasteiger partial charge in [-0.2, -0.15) is 0 Å². The third-order valence-electron chi connectivity index (χ3n) is 4.45. The van der Waals surface area contributed by atoms with Crippen LogP contribution >= 0.6 is 23.2 Å². The molecule has 4 nitrogen and oxygen atoms in total. The van der Waals surface area contributed by atoms with Gasteiger partial charge in [0.1, 0.15) is 5.82 Å². The lowest BCUT2D eigenvalue weighted by Crippen LogP contribution is -2.01. The van der Waals surface area contributed by atoms with Crippen LogP contribution in [0.25, 0.3) is 33.7 Å². The van der Waals surface area contributed by atoms with E-state index in [1.54, 1.807) is 6.20 Å². The van der Waals surface area contributed by atoms with Crippen molar-refractivity contribution in [3.8, 4) is 22.6 Å². The Kier molecular flexibility index (Phi) is 4.85. The molecule has 27 heavy (non-hydrogen) atoms. The Morgan fingerprint density at radius 2 is 1.78 bits per heavy atom. The van der Waals surface area contributed by atoms with Crippen LogP contribution < -0.4 is 0 Å². The van der Waals surface area contributed by atoms with Gasteiger partial charge in [-0.25, -0.2) is 4.98 Å². The highest BCUT2D eigenvalue weighted by Crippen LogP contribution is 2.33. The minimum atomic E-state index is 0.569. The fraction of sp³-hybridized carbons (Fsp3) is 0.190. The van der Waals surface area contributed by atoms with E-state index in [-0.39, 0.29) is 0 Å². The van der Waals surface area contributed by atoms with E-state index in [0.29, 0.717) is 15.7 Å². The first kappa shape index (κ1) is 18.0. The van der Waals surface area contributed by atoms with Crippen LogP contribution in [0.4, 0.5) is 0 Å². The molecular weight excluding hydrogens is 379 g/mol.